The summed E-state index contributed by atoms with van der Waals surface area (Å²) in [4.78, 5) is 24.4. The molecular formula is C30H37N6O5+. The second-order valence-electron chi connectivity index (χ2n) is 9.59. The summed E-state index contributed by atoms with van der Waals surface area (Å²) in [5.41, 5.74) is 7.87. The van der Waals surface area contributed by atoms with Gasteiger partial charge in [0.15, 0.2) is 6.10 Å². The van der Waals surface area contributed by atoms with Gasteiger partial charge in [-0.05, 0) is 35.9 Å². The van der Waals surface area contributed by atoms with Gasteiger partial charge in [-0.25, -0.2) is 4.99 Å². The van der Waals surface area contributed by atoms with E-state index in [1.54, 1.807) is 30.4 Å². The molecule has 2 atom stereocenters. The largest absolute Gasteiger partial charge is 0.494 e. The van der Waals surface area contributed by atoms with Gasteiger partial charge in [0.25, 0.3) is 5.91 Å². The zero-order valence-corrected chi connectivity index (χ0v) is 23.1. The van der Waals surface area contributed by atoms with Crippen molar-refractivity contribution in [1.29, 1.82) is 5.53 Å². The molecule has 3 N–H and O–H groups in total. The van der Waals surface area contributed by atoms with Gasteiger partial charge in [-0.15, -0.1) is 0 Å². The van der Waals surface area contributed by atoms with Gasteiger partial charge in [0.05, 0.1) is 19.8 Å². The molecule has 2 aromatic carbocycles. The summed E-state index contributed by atoms with van der Waals surface area (Å²) in [7, 11) is 0. The van der Waals surface area contributed by atoms with Crippen LogP contribution in [0.5, 0.6) is 5.75 Å². The van der Waals surface area contributed by atoms with Crippen LogP contribution in [-0.4, -0.2) is 80.0 Å². The van der Waals surface area contributed by atoms with Crippen LogP contribution < -0.4 is 15.0 Å². The zero-order chi connectivity index (χ0) is 28.9. The lowest BCUT2D eigenvalue weighted by Gasteiger charge is -2.30. The summed E-state index contributed by atoms with van der Waals surface area (Å²) in [6.07, 6.45) is 4.75. The van der Waals surface area contributed by atoms with Crippen LogP contribution >= 0.6 is 0 Å². The number of aliphatic hydroxyl groups is 1. The third-order valence-corrected chi connectivity index (χ3v) is 6.90. The Labute approximate surface area is 239 Å². The van der Waals surface area contributed by atoms with Gasteiger partial charge in [0, 0.05) is 50.3 Å². The van der Waals surface area contributed by atoms with Crippen LogP contribution in [0.1, 0.15) is 29.2 Å². The quantitative estimate of drug-likeness (QED) is 0.140. The van der Waals surface area contributed by atoms with E-state index in [2.05, 4.69) is 26.8 Å². The van der Waals surface area contributed by atoms with E-state index in [-0.39, 0.29) is 19.1 Å². The molecule has 0 saturated carbocycles. The lowest BCUT2D eigenvalue weighted by Crippen LogP contribution is -2.49. The smallest absolute Gasteiger partial charge is 0.256 e. The van der Waals surface area contributed by atoms with Crippen LogP contribution in [0, 0.1) is 5.53 Å². The summed E-state index contributed by atoms with van der Waals surface area (Å²) >= 11 is 0. The van der Waals surface area contributed by atoms with Crippen molar-refractivity contribution in [2.75, 3.05) is 52.6 Å². The standard InChI is InChI=1S/C30H36N6O5/c1-2-3-13-30(29(38)32-14-15-36-16-20-39-21-17-36)27(26-8-5-4-7-24(26)22-33-35-31)41-28(34-30)23-9-11-25(12-10-23)40-19-6-18-37/h2-5,7-13,27,31,37H,1,6,14-22H2/p+1/b13-3+/t27-,30-/m1/s1. The van der Waals surface area contributed by atoms with Crippen molar-refractivity contribution >= 4 is 11.8 Å². The van der Waals surface area contributed by atoms with E-state index in [1.165, 1.54) is 0 Å². The van der Waals surface area contributed by atoms with Gasteiger partial charge in [0.2, 0.25) is 16.3 Å². The molecule has 216 valence electrons. The molecule has 1 amide bonds. The molecule has 41 heavy (non-hydrogen) atoms. The summed E-state index contributed by atoms with van der Waals surface area (Å²) in [6.45, 7) is 8.57. The number of allylic oxidation sites excluding steroid dienone is 2. The molecule has 1 saturated heterocycles. The van der Waals surface area contributed by atoms with E-state index in [9.17, 15) is 4.79 Å². The summed E-state index contributed by atoms with van der Waals surface area (Å²) in [6, 6.07) is 14.8. The topological polar surface area (TPSA) is 143 Å². The Balaban J connectivity index is 1.68. The predicted molar refractivity (Wildman–Crippen MR) is 154 cm³/mol. The van der Waals surface area contributed by atoms with Crippen molar-refractivity contribution in [1.82, 2.24) is 15.1 Å². The maximum absolute atomic E-state index is 14.1. The van der Waals surface area contributed by atoms with Crippen LogP contribution in [-0.2, 0) is 20.8 Å². The first kappa shape index (κ1) is 29.8. The van der Waals surface area contributed by atoms with E-state index in [0.717, 1.165) is 24.2 Å². The Morgan fingerprint density at radius 3 is 2.78 bits per heavy atom. The molecule has 4 rings (SSSR count). The first-order chi connectivity index (χ1) is 20.1. The highest BCUT2D eigenvalue weighted by molar-refractivity contribution is 6.02. The molecule has 0 spiro atoms. The maximum atomic E-state index is 14.1. The van der Waals surface area contributed by atoms with E-state index in [4.69, 9.17) is 29.8 Å². The number of morpholine rings is 1. The van der Waals surface area contributed by atoms with Crippen LogP contribution in [0.2, 0.25) is 0 Å². The Morgan fingerprint density at radius 2 is 2.05 bits per heavy atom. The Kier molecular flexibility index (Phi) is 10.9. The molecule has 1 fully saturated rings. The Hall–Kier alpha value is -4.15. The molecule has 0 bridgehead atoms. The van der Waals surface area contributed by atoms with Gasteiger partial charge in [-0.1, -0.05) is 43.0 Å². The molecule has 2 aliphatic rings. The van der Waals surface area contributed by atoms with Crippen molar-refractivity contribution in [2.24, 2.45) is 10.1 Å². The van der Waals surface area contributed by atoms with Crippen LogP contribution in [0.25, 0.3) is 0 Å². The number of ether oxygens (including phenoxy) is 3. The maximum Gasteiger partial charge on any atom is 0.256 e. The van der Waals surface area contributed by atoms with Crippen LogP contribution in [0.4, 0.5) is 0 Å². The molecular weight excluding hydrogens is 524 g/mol. The monoisotopic (exact) mass is 561 g/mol. The number of aliphatic hydroxyl groups excluding tert-OH is 1. The number of hydrogen-bond donors (Lipinski definition) is 3. The number of nitrogens with one attached hydrogen (secondary N) is 2. The second kappa shape index (κ2) is 15.0. The molecule has 2 aromatic rings. The molecule has 0 aromatic heterocycles. The molecule has 0 aliphatic carbocycles. The number of aliphatic imine (C=N–C) groups is 1. The van der Waals surface area contributed by atoms with Gasteiger partial charge >= 0.3 is 0 Å². The van der Waals surface area contributed by atoms with Crippen molar-refractivity contribution in [3.8, 4) is 5.75 Å². The average molecular weight is 562 g/mol. The SMILES string of the molecule is C=C/C=C/[C@@]1(C(=O)NCCN2CCOCC2)N=C(c2ccc(OCCCO)cc2)O[C@@H]1c1ccccc1CN=[N+]=N. The summed E-state index contributed by atoms with van der Waals surface area (Å²) < 4.78 is 17.6. The number of carbonyl (C=O) groups excluding carboxylic acids is 1. The number of carbonyl (C=O) groups is 1. The minimum Gasteiger partial charge on any atom is -0.494 e. The van der Waals surface area contributed by atoms with Crippen molar-refractivity contribution in [3.63, 3.8) is 0 Å². The van der Waals surface area contributed by atoms with Crippen molar-refractivity contribution < 1.29 is 24.1 Å². The summed E-state index contributed by atoms with van der Waals surface area (Å²) in [5.74, 6) is 0.665. The fourth-order valence-corrected chi connectivity index (χ4v) is 4.76. The molecule has 2 aliphatic heterocycles. The lowest BCUT2D eigenvalue weighted by molar-refractivity contribution is -0.126. The second-order valence-corrected chi connectivity index (χ2v) is 9.59. The van der Waals surface area contributed by atoms with E-state index < -0.39 is 11.6 Å². The van der Waals surface area contributed by atoms with E-state index >= 15 is 0 Å². The van der Waals surface area contributed by atoms with Crippen molar-refractivity contribution in [2.45, 2.75) is 24.6 Å². The minimum atomic E-state index is -1.43. The highest BCUT2D eigenvalue weighted by Crippen LogP contribution is 2.42. The molecule has 11 nitrogen and oxygen atoms in total. The molecule has 2 heterocycles. The predicted octanol–water partition coefficient (Wildman–Crippen LogP) is 2.95. The highest BCUT2D eigenvalue weighted by Gasteiger charge is 2.52. The van der Waals surface area contributed by atoms with Crippen molar-refractivity contribution in [3.05, 3.63) is 90.0 Å². The fraction of sp³-hybridized carbons (Fsp3) is 0.400. The van der Waals surface area contributed by atoms with Crippen LogP contribution in [0.15, 0.2) is 83.4 Å². The first-order valence-electron chi connectivity index (χ1n) is 13.7. The molecule has 0 radical (unpaired) electrons. The van der Waals surface area contributed by atoms with Crippen LogP contribution in [0.3, 0.4) is 0 Å². The first-order valence-corrected chi connectivity index (χ1v) is 13.7. The zero-order valence-electron chi connectivity index (χ0n) is 23.1. The van der Waals surface area contributed by atoms with E-state index in [1.807, 2.05) is 36.4 Å². The third-order valence-electron chi connectivity index (χ3n) is 6.90. The fourth-order valence-electron chi connectivity index (χ4n) is 4.76. The average Bonchev–Trinajstić information content (AvgIpc) is 3.40. The van der Waals surface area contributed by atoms with E-state index in [0.29, 0.717) is 56.5 Å². The Bertz CT molecular complexity index is 1280. The molecule has 11 heteroatoms. The van der Waals surface area contributed by atoms with Gasteiger partial charge in [-0.3, -0.25) is 9.69 Å². The number of amides is 1. The lowest BCUT2D eigenvalue weighted by atomic mass is 9.85. The minimum absolute atomic E-state index is 0.0591. The highest BCUT2D eigenvalue weighted by atomic mass is 16.5. The number of nitrogens with zero attached hydrogens (tertiary/aromatic N) is 4. The Morgan fingerprint density at radius 1 is 1.27 bits per heavy atom. The van der Waals surface area contributed by atoms with Gasteiger partial charge in [-0.2, -0.15) is 0 Å². The number of hydrogen-bond acceptors (Lipinski definition) is 9. The number of benzene rings is 2. The molecule has 0 unspecified atom stereocenters. The van der Waals surface area contributed by atoms with Gasteiger partial charge in [0.1, 0.15) is 22.9 Å². The van der Waals surface area contributed by atoms with Gasteiger partial charge < -0.3 is 24.6 Å². The normalized spacial score (nSPS) is 20.6. The third kappa shape index (κ3) is 7.53. The summed E-state index contributed by atoms with van der Waals surface area (Å²) in [5, 5.41) is 16.0. The number of rotatable bonds is 14.